The quantitative estimate of drug-likeness (QED) is 0.170. The van der Waals surface area contributed by atoms with E-state index in [0.29, 0.717) is 0 Å². The summed E-state index contributed by atoms with van der Waals surface area (Å²) in [5.74, 6) is -59.7. The van der Waals surface area contributed by atoms with Gasteiger partial charge in [-0.1, -0.05) is 11.9 Å². The van der Waals surface area contributed by atoms with Gasteiger partial charge in [0, 0.05) is 12.2 Å². The number of alkyl halides is 17. The molecule has 0 spiro atoms. The molecule has 0 bridgehead atoms. The van der Waals surface area contributed by atoms with Crippen LogP contribution in [0.15, 0.2) is 0 Å². The Morgan fingerprint density at radius 2 is 1.00 bits per heavy atom. The third kappa shape index (κ3) is 4.95. The summed E-state index contributed by atoms with van der Waals surface area (Å²) in [6.45, 7) is 0.843. The summed E-state index contributed by atoms with van der Waals surface area (Å²) >= 11 is -0.202. The average Bonchev–Trinajstić information content (AvgIpc) is 2.62. The third-order valence-corrected chi connectivity index (χ3v) is 4.86. The summed E-state index contributed by atoms with van der Waals surface area (Å²) in [6, 6.07) is -1.58. The Labute approximate surface area is 181 Å². The van der Waals surface area contributed by atoms with Crippen LogP contribution in [-0.2, 0) is 4.79 Å². The molecule has 0 aromatic rings. The second-order valence-electron chi connectivity index (χ2n) is 6.42. The average molecular weight is 567 g/mol. The van der Waals surface area contributed by atoms with Gasteiger partial charge in [0.2, 0.25) is 0 Å². The van der Waals surface area contributed by atoms with E-state index in [9.17, 15) is 79.4 Å². The molecular weight excluding hydrogens is 557 g/mol. The standard InChI is InChI=1S/C13H10F17NO2S/c1-4(5(32)33)31-34-3-2-6(14,15)7(16,17)8(18,19)9(20,21)10(22,23)11(24,25)12(26,27)13(28,29)30/h4,31H,2-3H2,1H3,(H,32,33). The van der Waals surface area contributed by atoms with Gasteiger partial charge in [-0.2, -0.15) is 74.6 Å². The normalized spacial score (nSPS) is 16.5. The molecule has 0 aliphatic heterocycles. The van der Waals surface area contributed by atoms with E-state index in [1.54, 1.807) is 4.72 Å². The smallest absolute Gasteiger partial charge is 0.460 e. The van der Waals surface area contributed by atoms with Crippen molar-refractivity contribution in [2.45, 2.75) is 67.0 Å². The SMILES string of the molecule is CC(NSCCC(F)(F)C(F)(F)C(F)(F)C(F)(F)C(F)(F)C(F)(F)C(F)(F)C(F)(F)F)C(=O)O. The molecule has 0 amide bonds. The third-order valence-electron chi connectivity index (χ3n) is 3.94. The molecule has 2 N–H and O–H groups in total. The van der Waals surface area contributed by atoms with Gasteiger partial charge in [-0.3, -0.25) is 9.52 Å². The molecule has 0 aromatic carbocycles. The van der Waals surface area contributed by atoms with Crippen molar-refractivity contribution in [3.63, 3.8) is 0 Å². The molecule has 1 unspecified atom stereocenters. The molecule has 204 valence electrons. The van der Waals surface area contributed by atoms with E-state index in [2.05, 4.69) is 0 Å². The van der Waals surface area contributed by atoms with Crippen LogP contribution in [0.1, 0.15) is 13.3 Å². The molecule has 34 heavy (non-hydrogen) atoms. The minimum Gasteiger partial charge on any atom is -0.480 e. The summed E-state index contributed by atoms with van der Waals surface area (Å²) in [7, 11) is 0. The number of hydrogen-bond donors (Lipinski definition) is 2. The van der Waals surface area contributed by atoms with E-state index in [1.807, 2.05) is 0 Å². The molecule has 0 saturated carbocycles. The lowest BCUT2D eigenvalue weighted by Gasteiger charge is -2.42. The lowest BCUT2D eigenvalue weighted by Crippen LogP contribution is -2.74. The molecule has 0 aromatic heterocycles. The van der Waals surface area contributed by atoms with Crippen molar-refractivity contribution in [2.75, 3.05) is 5.75 Å². The number of carboxylic acid groups (broad SMARTS) is 1. The van der Waals surface area contributed by atoms with E-state index in [-0.39, 0.29) is 11.9 Å². The minimum atomic E-state index is -8.66. The zero-order chi connectivity index (χ0) is 28.0. The first-order chi connectivity index (χ1) is 14.6. The Bertz CT molecular complexity index is 735. The molecule has 0 heterocycles. The number of aliphatic carboxylic acids is 1. The predicted molar refractivity (Wildman–Crippen MR) is 78.0 cm³/mol. The highest BCUT2D eigenvalue weighted by Crippen LogP contribution is 2.64. The molecular formula is C13H10F17NO2S. The van der Waals surface area contributed by atoms with Gasteiger partial charge in [0.15, 0.2) is 0 Å². The first-order valence-corrected chi connectivity index (χ1v) is 8.88. The van der Waals surface area contributed by atoms with E-state index in [1.165, 1.54) is 0 Å². The summed E-state index contributed by atoms with van der Waals surface area (Å²) in [6.07, 6.45) is -10.4. The molecule has 0 aliphatic rings. The van der Waals surface area contributed by atoms with Crippen LogP contribution in [-0.4, -0.2) is 70.5 Å². The molecule has 1 atom stereocenters. The van der Waals surface area contributed by atoms with Crippen LogP contribution in [0.3, 0.4) is 0 Å². The van der Waals surface area contributed by atoms with Gasteiger partial charge >= 0.3 is 53.6 Å². The fourth-order valence-corrected chi connectivity index (χ4v) is 2.59. The van der Waals surface area contributed by atoms with Gasteiger partial charge in [-0.05, 0) is 6.92 Å². The Kier molecular flexibility index (Phi) is 8.85. The van der Waals surface area contributed by atoms with Crippen molar-refractivity contribution in [3.8, 4) is 0 Å². The van der Waals surface area contributed by atoms with Crippen LogP contribution in [0.5, 0.6) is 0 Å². The Hall–Kier alpha value is -1.41. The van der Waals surface area contributed by atoms with Crippen molar-refractivity contribution in [3.05, 3.63) is 0 Å². The highest BCUT2D eigenvalue weighted by Gasteiger charge is 2.95. The van der Waals surface area contributed by atoms with Gasteiger partial charge < -0.3 is 5.11 Å². The van der Waals surface area contributed by atoms with Crippen molar-refractivity contribution in [1.82, 2.24) is 4.72 Å². The van der Waals surface area contributed by atoms with Crippen LogP contribution in [0.4, 0.5) is 74.6 Å². The van der Waals surface area contributed by atoms with Gasteiger partial charge in [-0.25, -0.2) is 0 Å². The van der Waals surface area contributed by atoms with E-state index in [4.69, 9.17) is 5.11 Å². The lowest BCUT2D eigenvalue weighted by atomic mass is 9.88. The van der Waals surface area contributed by atoms with Gasteiger partial charge in [0.1, 0.15) is 6.04 Å². The Balaban J connectivity index is 6.18. The molecule has 0 aliphatic carbocycles. The van der Waals surface area contributed by atoms with Crippen LogP contribution >= 0.6 is 11.9 Å². The predicted octanol–water partition coefficient (Wildman–Crippen LogP) is 6.10. The van der Waals surface area contributed by atoms with Crippen molar-refractivity contribution in [2.24, 2.45) is 0 Å². The van der Waals surface area contributed by atoms with Crippen LogP contribution < -0.4 is 4.72 Å². The monoisotopic (exact) mass is 567 g/mol. The lowest BCUT2D eigenvalue weighted by molar-refractivity contribution is -0.461. The number of halogens is 17. The zero-order valence-corrected chi connectivity index (χ0v) is 16.5. The number of nitrogens with one attached hydrogen (secondary N) is 1. The number of rotatable bonds is 12. The molecule has 0 rings (SSSR count). The Morgan fingerprint density at radius 1 is 0.676 bits per heavy atom. The molecule has 0 fully saturated rings. The first kappa shape index (κ1) is 32.6. The maximum absolute atomic E-state index is 13.5. The fourth-order valence-electron chi connectivity index (χ4n) is 1.77. The van der Waals surface area contributed by atoms with Crippen LogP contribution in [0.25, 0.3) is 0 Å². The van der Waals surface area contributed by atoms with E-state index in [0.717, 1.165) is 6.92 Å². The van der Waals surface area contributed by atoms with Gasteiger partial charge in [0.25, 0.3) is 0 Å². The Morgan fingerprint density at radius 3 is 1.32 bits per heavy atom. The molecule has 3 nitrogen and oxygen atoms in total. The summed E-state index contributed by atoms with van der Waals surface area (Å²) < 4.78 is 224. The van der Waals surface area contributed by atoms with Crippen LogP contribution in [0.2, 0.25) is 0 Å². The zero-order valence-electron chi connectivity index (χ0n) is 15.7. The molecule has 21 heteroatoms. The van der Waals surface area contributed by atoms with E-state index >= 15 is 0 Å². The van der Waals surface area contributed by atoms with Crippen LogP contribution in [0, 0.1) is 0 Å². The highest BCUT2D eigenvalue weighted by molar-refractivity contribution is 7.97. The largest absolute Gasteiger partial charge is 0.480 e. The maximum atomic E-state index is 13.5. The fraction of sp³-hybridized carbons (Fsp3) is 0.923. The summed E-state index contributed by atoms with van der Waals surface area (Å²) in [5.41, 5.74) is 0. The van der Waals surface area contributed by atoms with Crippen molar-refractivity contribution >= 4 is 17.9 Å². The second-order valence-corrected chi connectivity index (χ2v) is 7.36. The molecule has 0 saturated heterocycles. The highest BCUT2D eigenvalue weighted by atomic mass is 32.2. The minimum absolute atomic E-state index is 0.202. The number of hydrogen-bond acceptors (Lipinski definition) is 3. The van der Waals surface area contributed by atoms with Crippen molar-refractivity contribution in [1.29, 1.82) is 0 Å². The maximum Gasteiger partial charge on any atom is 0.460 e. The molecule has 0 radical (unpaired) electrons. The number of carbonyl (C=O) groups is 1. The van der Waals surface area contributed by atoms with Gasteiger partial charge in [-0.15, -0.1) is 0 Å². The van der Waals surface area contributed by atoms with E-state index < -0.39 is 71.8 Å². The first-order valence-electron chi connectivity index (χ1n) is 7.89. The summed E-state index contributed by atoms with van der Waals surface area (Å²) in [4.78, 5) is 10.4. The topological polar surface area (TPSA) is 49.3 Å². The summed E-state index contributed by atoms with van der Waals surface area (Å²) in [5, 5.41) is 8.43. The second kappa shape index (κ2) is 9.23. The van der Waals surface area contributed by atoms with Gasteiger partial charge in [0.05, 0.1) is 0 Å². The van der Waals surface area contributed by atoms with Crippen molar-refractivity contribution < 1.29 is 84.5 Å². The number of carboxylic acids is 1.